The molecule has 9 nitrogen and oxygen atoms in total. The highest BCUT2D eigenvalue weighted by Gasteiger charge is 2.41. The van der Waals surface area contributed by atoms with Gasteiger partial charge in [-0.25, -0.2) is 13.4 Å². The molecule has 1 fully saturated rings. The molecule has 160 valence electrons. The van der Waals surface area contributed by atoms with Gasteiger partial charge in [0.2, 0.25) is 10.0 Å². The first kappa shape index (κ1) is 20.7. The topological polar surface area (TPSA) is 108 Å². The Morgan fingerprint density at radius 1 is 1.27 bits per heavy atom. The van der Waals surface area contributed by atoms with E-state index in [1.807, 2.05) is 6.07 Å². The molecule has 0 spiro atoms. The molecule has 0 amide bonds. The van der Waals surface area contributed by atoms with Crippen LogP contribution in [0, 0.1) is 13.8 Å². The van der Waals surface area contributed by atoms with Gasteiger partial charge < -0.3 is 9.26 Å². The first-order valence-electron chi connectivity index (χ1n) is 9.79. The van der Waals surface area contributed by atoms with E-state index in [4.69, 9.17) is 14.2 Å². The first-order valence-corrected chi connectivity index (χ1v) is 11.2. The zero-order chi connectivity index (χ0) is 21.5. The summed E-state index contributed by atoms with van der Waals surface area (Å²) < 4.78 is 40.2. The third-order valence-electron chi connectivity index (χ3n) is 5.45. The van der Waals surface area contributed by atoms with Crippen molar-refractivity contribution in [2.45, 2.75) is 44.2 Å². The Labute approximate surface area is 174 Å². The van der Waals surface area contributed by atoms with Crippen molar-refractivity contribution < 1.29 is 17.7 Å². The Hall–Kier alpha value is -2.56. The number of rotatable bonds is 6. The van der Waals surface area contributed by atoms with Crippen molar-refractivity contribution in [1.82, 2.24) is 19.0 Å². The second-order valence-corrected chi connectivity index (χ2v) is 9.19. The Morgan fingerprint density at radius 2 is 2.03 bits per heavy atom. The highest BCUT2D eigenvalue weighted by atomic mass is 32.2. The van der Waals surface area contributed by atoms with Gasteiger partial charge in [0.1, 0.15) is 16.4 Å². The molecule has 1 aliphatic heterocycles. The summed E-state index contributed by atoms with van der Waals surface area (Å²) in [4.78, 5) is 18.0. The van der Waals surface area contributed by atoms with Crippen molar-refractivity contribution in [3.05, 3.63) is 51.9 Å². The summed E-state index contributed by atoms with van der Waals surface area (Å²) in [6.45, 7) is 4.14. The number of nitrogens with zero attached hydrogens (tertiary/aromatic N) is 4. The summed E-state index contributed by atoms with van der Waals surface area (Å²) in [5.74, 6) is 0.685. The molecule has 0 N–H and O–H groups in total. The summed E-state index contributed by atoms with van der Waals surface area (Å²) in [6, 6.07) is 6.53. The van der Waals surface area contributed by atoms with Gasteiger partial charge in [0.25, 0.3) is 5.56 Å². The lowest BCUT2D eigenvalue weighted by Gasteiger charge is -2.26. The quantitative estimate of drug-likeness (QED) is 0.587. The number of para-hydroxylation sites is 1. The normalized spacial score (nSPS) is 17.8. The van der Waals surface area contributed by atoms with Gasteiger partial charge in [0.15, 0.2) is 5.76 Å². The van der Waals surface area contributed by atoms with E-state index in [1.165, 1.54) is 8.87 Å². The van der Waals surface area contributed by atoms with Crippen LogP contribution < -0.4 is 5.56 Å². The fourth-order valence-corrected chi connectivity index (χ4v) is 6.03. The van der Waals surface area contributed by atoms with E-state index in [2.05, 4.69) is 5.16 Å². The van der Waals surface area contributed by atoms with Crippen molar-refractivity contribution in [3.63, 3.8) is 0 Å². The summed E-state index contributed by atoms with van der Waals surface area (Å²) in [5, 5.41) is 4.29. The predicted molar refractivity (Wildman–Crippen MR) is 110 cm³/mol. The molecule has 10 heteroatoms. The molecular formula is C20H24N4O5S. The monoisotopic (exact) mass is 432 g/mol. The van der Waals surface area contributed by atoms with E-state index in [9.17, 15) is 13.2 Å². The zero-order valence-electron chi connectivity index (χ0n) is 17.2. The predicted octanol–water partition coefficient (Wildman–Crippen LogP) is 2.17. The van der Waals surface area contributed by atoms with Crippen molar-refractivity contribution in [2.24, 2.45) is 0 Å². The van der Waals surface area contributed by atoms with Crippen LogP contribution in [-0.2, 0) is 21.3 Å². The van der Waals surface area contributed by atoms with Crippen LogP contribution in [0.4, 0.5) is 0 Å². The molecule has 3 aromatic rings. The molecule has 1 unspecified atom stereocenters. The van der Waals surface area contributed by atoms with Gasteiger partial charge in [-0.3, -0.25) is 9.36 Å². The molecule has 2 aromatic heterocycles. The summed E-state index contributed by atoms with van der Waals surface area (Å²) in [6.07, 6.45) is 1.24. The Kier molecular flexibility index (Phi) is 5.48. The van der Waals surface area contributed by atoms with Gasteiger partial charge in [0, 0.05) is 13.7 Å². The molecule has 0 saturated carbocycles. The van der Waals surface area contributed by atoms with Gasteiger partial charge in [-0.15, -0.1) is 0 Å². The Bertz CT molecular complexity index is 1230. The van der Waals surface area contributed by atoms with Crippen LogP contribution in [0.1, 0.15) is 36.2 Å². The fraction of sp³-hybridized carbons (Fsp3) is 0.450. The van der Waals surface area contributed by atoms with E-state index in [1.54, 1.807) is 39.2 Å². The number of hydrogen-bond donors (Lipinski definition) is 0. The van der Waals surface area contributed by atoms with Gasteiger partial charge >= 0.3 is 0 Å². The number of benzene rings is 1. The summed E-state index contributed by atoms with van der Waals surface area (Å²) in [7, 11) is -2.31. The number of aryl methyl sites for hydroxylation is 2. The van der Waals surface area contributed by atoms with E-state index in [-0.39, 0.29) is 22.8 Å². The van der Waals surface area contributed by atoms with Crippen LogP contribution in [0.3, 0.4) is 0 Å². The van der Waals surface area contributed by atoms with Crippen LogP contribution in [-0.4, -0.2) is 47.7 Å². The van der Waals surface area contributed by atoms with Crippen LogP contribution >= 0.6 is 0 Å². The number of fused-ring (bicyclic) bond motifs is 1. The van der Waals surface area contributed by atoms with Crippen molar-refractivity contribution in [1.29, 1.82) is 0 Å². The SMILES string of the molecule is COCCn1c(C2CCCN2S(=O)(=O)c2c(C)noc2C)nc2ccccc2c1=O. The maximum Gasteiger partial charge on any atom is 0.261 e. The Morgan fingerprint density at radius 3 is 2.73 bits per heavy atom. The number of ether oxygens (including phenoxy) is 1. The third kappa shape index (κ3) is 3.34. The minimum Gasteiger partial charge on any atom is -0.383 e. The molecule has 3 heterocycles. The van der Waals surface area contributed by atoms with Gasteiger partial charge in [-0.1, -0.05) is 17.3 Å². The fourth-order valence-electron chi connectivity index (χ4n) is 4.08. The van der Waals surface area contributed by atoms with E-state index >= 15 is 0 Å². The minimum atomic E-state index is -3.87. The number of aromatic nitrogens is 3. The maximum atomic E-state index is 13.5. The molecule has 0 aliphatic carbocycles. The third-order valence-corrected chi connectivity index (χ3v) is 7.60. The van der Waals surface area contributed by atoms with Crippen molar-refractivity contribution in [2.75, 3.05) is 20.3 Å². The highest BCUT2D eigenvalue weighted by molar-refractivity contribution is 7.89. The molecule has 1 atom stereocenters. The lowest BCUT2D eigenvalue weighted by Crippen LogP contribution is -2.36. The van der Waals surface area contributed by atoms with Crippen LogP contribution in [0.25, 0.3) is 10.9 Å². The summed E-state index contributed by atoms with van der Waals surface area (Å²) in [5.41, 5.74) is 0.670. The van der Waals surface area contributed by atoms with Crippen LogP contribution in [0.15, 0.2) is 38.5 Å². The lowest BCUT2D eigenvalue weighted by atomic mass is 10.2. The molecule has 1 aromatic carbocycles. The largest absolute Gasteiger partial charge is 0.383 e. The lowest BCUT2D eigenvalue weighted by molar-refractivity contribution is 0.183. The number of sulfonamides is 1. The Balaban J connectivity index is 1.87. The van der Waals surface area contributed by atoms with E-state index < -0.39 is 16.1 Å². The maximum absolute atomic E-state index is 13.5. The molecule has 4 rings (SSSR count). The minimum absolute atomic E-state index is 0.0842. The molecular weight excluding hydrogens is 408 g/mol. The van der Waals surface area contributed by atoms with Gasteiger partial charge in [0.05, 0.1) is 30.1 Å². The molecule has 1 aliphatic rings. The standard InChI is InChI=1S/C20H24N4O5S/c1-13-18(14(2)29-22-13)30(26,27)24-10-6-9-17(24)19-21-16-8-5-4-7-15(16)20(25)23(19)11-12-28-3/h4-5,7-8,17H,6,9-12H2,1-3H3. The van der Waals surface area contributed by atoms with Crippen LogP contribution in [0.5, 0.6) is 0 Å². The van der Waals surface area contributed by atoms with E-state index in [0.717, 1.165) is 0 Å². The second kappa shape index (κ2) is 7.93. The van der Waals surface area contributed by atoms with Crippen molar-refractivity contribution in [3.8, 4) is 0 Å². The summed E-state index contributed by atoms with van der Waals surface area (Å²) >= 11 is 0. The zero-order valence-corrected chi connectivity index (χ0v) is 18.0. The molecule has 0 radical (unpaired) electrons. The molecule has 30 heavy (non-hydrogen) atoms. The van der Waals surface area contributed by atoms with E-state index in [0.29, 0.717) is 48.4 Å². The molecule has 1 saturated heterocycles. The van der Waals surface area contributed by atoms with Gasteiger partial charge in [-0.2, -0.15) is 4.31 Å². The first-order chi connectivity index (χ1) is 14.4. The average Bonchev–Trinajstić information content (AvgIpc) is 3.34. The smallest absolute Gasteiger partial charge is 0.261 e. The number of hydrogen-bond acceptors (Lipinski definition) is 7. The van der Waals surface area contributed by atoms with Crippen molar-refractivity contribution >= 4 is 20.9 Å². The number of methoxy groups -OCH3 is 1. The highest BCUT2D eigenvalue weighted by Crippen LogP contribution is 2.37. The molecule has 0 bridgehead atoms. The van der Waals surface area contributed by atoms with Crippen LogP contribution in [0.2, 0.25) is 0 Å². The average molecular weight is 433 g/mol. The van der Waals surface area contributed by atoms with Gasteiger partial charge in [-0.05, 0) is 38.8 Å². The second-order valence-electron chi connectivity index (χ2n) is 7.36.